The van der Waals surface area contributed by atoms with E-state index in [1.807, 2.05) is 37.3 Å². The Labute approximate surface area is 454 Å². The third kappa shape index (κ3) is 12.2. The third-order valence-electron chi connectivity index (χ3n) is 17.9. The molecule has 1 aromatic carbocycles. The van der Waals surface area contributed by atoms with Crippen LogP contribution in [0.2, 0.25) is 0 Å². The molecule has 1 aromatic rings. The number of carbonyl (C=O) groups is 4. The highest BCUT2D eigenvalue weighted by molar-refractivity contribution is 5.97. The number of hydrogen-bond donors (Lipinski definition) is 7. The normalized spacial score (nSPS) is 45.5. The molecule has 4 aliphatic heterocycles. The third-order valence-corrected chi connectivity index (χ3v) is 17.9. The molecule has 22 nitrogen and oxygen atoms in total. The molecule has 25 atom stereocenters. The summed E-state index contributed by atoms with van der Waals surface area (Å²) in [5.74, 6) is -3.07. The van der Waals surface area contributed by atoms with E-state index in [1.165, 1.54) is 39.4 Å². The summed E-state index contributed by atoms with van der Waals surface area (Å²) in [5, 5.41) is 76.2. The number of ketones is 3. The highest BCUT2D eigenvalue weighted by Gasteiger charge is 2.62. The van der Waals surface area contributed by atoms with Gasteiger partial charge in [-0.15, -0.1) is 0 Å². The van der Waals surface area contributed by atoms with Crippen LogP contribution in [0.15, 0.2) is 48.6 Å². The fourth-order valence-electron chi connectivity index (χ4n) is 13.1. The van der Waals surface area contributed by atoms with Gasteiger partial charge in [-0.25, -0.2) is 4.79 Å². The monoisotopic (exact) mass is 1100 g/mol. The Morgan fingerprint density at radius 2 is 1.42 bits per heavy atom. The van der Waals surface area contributed by atoms with Crippen molar-refractivity contribution >= 4 is 29.4 Å². The Hall–Kier alpha value is -3.50. The van der Waals surface area contributed by atoms with Gasteiger partial charge in [0.1, 0.15) is 72.6 Å². The van der Waals surface area contributed by atoms with Crippen molar-refractivity contribution in [1.29, 1.82) is 0 Å². The largest absolute Gasteiger partial charge is 0.458 e. The van der Waals surface area contributed by atoms with Crippen LogP contribution in [-0.4, -0.2) is 208 Å². The first-order chi connectivity index (χ1) is 37.0. The van der Waals surface area contributed by atoms with Gasteiger partial charge in [0.05, 0.1) is 54.2 Å². The standard InChI is InChI=1S/C56H80O22/c1-27(58)33-15-16-39(61)55(33,6)40(75-41(62)17-14-31-12-10-9-11-13-31)22-34-35(59)19-21-56(67)25-32(18-20-54(34,56)5)73-43-24-37(68-7)49(29(3)71-43)76-42-23-36(60)48(28(2)70-42)77-53-47(66)51(69-8)50(30(4)72-53)78-52-46(65)45(64)44(63)38(26-57)74-52/h9-14,17,19,21,28-30,32-34,36-38,40,42-53,57,60,63-67H,15-16,18,20,22-26H2,1-8H3/b17-14+/t28-,29-,30-,32+,33-,34+,36+,37+,38-,40-,42+,43+,44-,45+,46-,47-,48-,49-,50-,51-,52+,53+,54-,55-,56+/m1/s1. The van der Waals surface area contributed by atoms with Crippen molar-refractivity contribution in [2.24, 2.45) is 22.7 Å². The Morgan fingerprint density at radius 3 is 2.08 bits per heavy atom. The summed E-state index contributed by atoms with van der Waals surface area (Å²) in [6.45, 7) is 9.30. The summed E-state index contributed by atoms with van der Waals surface area (Å²) >= 11 is 0. The maximum atomic E-state index is 14.0. The van der Waals surface area contributed by atoms with Crippen LogP contribution in [0.3, 0.4) is 0 Å². The molecule has 4 heterocycles. The molecule has 436 valence electrons. The van der Waals surface area contributed by atoms with Gasteiger partial charge in [0, 0.05) is 63.2 Å². The van der Waals surface area contributed by atoms with Crippen LogP contribution in [0.25, 0.3) is 6.08 Å². The Kier molecular flexibility index (Phi) is 19.4. The van der Waals surface area contributed by atoms with Crippen molar-refractivity contribution in [2.45, 2.75) is 221 Å². The van der Waals surface area contributed by atoms with Crippen LogP contribution in [0.1, 0.15) is 98.5 Å². The average molecular weight is 1110 g/mol. The average Bonchev–Trinajstić information content (AvgIpc) is 3.79. The summed E-state index contributed by atoms with van der Waals surface area (Å²) in [4.78, 5) is 54.4. The second-order valence-electron chi connectivity index (χ2n) is 22.7. The molecule has 3 aliphatic carbocycles. The summed E-state index contributed by atoms with van der Waals surface area (Å²) < 4.78 is 66.9. The second-order valence-corrected chi connectivity index (χ2v) is 22.7. The predicted molar refractivity (Wildman–Crippen MR) is 270 cm³/mol. The number of methoxy groups -OCH3 is 2. The molecule has 22 heteroatoms. The fraction of sp³-hybridized carbons (Fsp3) is 0.750. The van der Waals surface area contributed by atoms with Crippen molar-refractivity contribution < 1.29 is 107 Å². The van der Waals surface area contributed by atoms with Crippen LogP contribution in [0.4, 0.5) is 0 Å². The van der Waals surface area contributed by atoms with Gasteiger partial charge in [0.15, 0.2) is 30.9 Å². The molecule has 0 amide bonds. The maximum Gasteiger partial charge on any atom is 0.331 e. The summed E-state index contributed by atoms with van der Waals surface area (Å²) in [7, 11) is 2.85. The second kappa shape index (κ2) is 24.9. The minimum Gasteiger partial charge on any atom is -0.458 e. The van der Waals surface area contributed by atoms with Gasteiger partial charge in [0.25, 0.3) is 0 Å². The van der Waals surface area contributed by atoms with Gasteiger partial charge >= 0.3 is 5.97 Å². The Morgan fingerprint density at radius 1 is 0.769 bits per heavy atom. The summed E-state index contributed by atoms with van der Waals surface area (Å²) in [6.07, 6.45) is -15.0. The number of esters is 1. The van der Waals surface area contributed by atoms with E-state index in [1.54, 1.807) is 33.8 Å². The Bertz CT molecular complexity index is 2290. The maximum absolute atomic E-state index is 14.0. The topological polar surface area (TPSA) is 311 Å². The summed E-state index contributed by atoms with van der Waals surface area (Å²) in [5.41, 5.74) is -3.30. The van der Waals surface area contributed by atoms with Crippen molar-refractivity contribution in [3.63, 3.8) is 0 Å². The van der Waals surface area contributed by atoms with Gasteiger partial charge in [-0.1, -0.05) is 37.3 Å². The van der Waals surface area contributed by atoms with Crippen molar-refractivity contribution in [1.82, 2.24) is 0 Å². The van der Waals surface area contributed by atoms with E-state index >= 15 is 0 Å². The number of ether oxygens (including phenoxy) is 11. The zero-order chi connectivity index (χ0) is 56.6. The number of fused-ring (bicyclic) bond motifs is 1. The SMILES string of the molecule is CO[C@@H]1[C@@H](O)[C@H](O[C@H]2[C@@H](O)C[C@H](O[C@H]3[C@@H](OC)C[C@H](O[C@H]4CC[C@]5(C)[C@@H](C[C@@H](OC(=O)/C=C/c6ccccc6)[C@@]6(C)C(=O)CC[C@@H]6C(C)=O)C(=O)C=C[C@]5(O)C4)O[C@@H]3C)O[C@@H]2C)O[C@H](C)[C@H]1O[C@@H]1O[C@H](CO)[C@@H](O)[C@H](O)[C@H]1O. The summed E-state index contributed by atoms with van der Waals surface area (Å²) in [6, 6.07) is 9.14. The number of hydrogen-bond acceptors (Lipinski definition) is 22. The van der Waals surface area contributed by atoms with E-state index in [4.69, 9.17) is 52.1 Å². The van der Waals surface area contributed by atoms with E-state index in [9.17, 15) is 54.9 Å². The highest BCUT2D eigenvalue weighted by Crippen LogP contribution is 2.57. The lowest BCUT2D eigenvalue weighted by Crippen LogP contribution is -2.65. The van der Waals surface area contributed by atoms with E-state index < -0.39 is 164 Å². The molecule has 8 rings (SSSR count). The first-order valence-corrected chi connectivity index (χ1v) is 27.2. The molecule has 78 heavy (non-hydrogen) atoms. The van der Waals surface area contributed by atoms with Crippen LogP contribution < -0.4 is 0 Å². The molecule has 7 N–H and O–H groups in total. The van der Waals surface area contributed by atoms with Crippen molar-refractivity contribution in [2.75, 3.05) is 20.8 Å². The lowest BCUT2D eigenvalue weighted by Gasteiger charge is -2.55. The quantitative estimate of drug-likeness (QED) is 0.0806. The number of Topliss-reactive ketones (excluding diaryl/α,β-unsaturated/α-hetero) is 2. The lowest BCUT2D eigenvalue weighted by molar-refractivity contribution is -0.373. The number of aliphatic hydroxyl groups is 7. The highest BCUT2D eigenvalue weighted by atomic mass is 16.8. The minimum absolute atomic E-state index is 0.0543. The number of rotatable bonds is 18. The first kappa shape index (κ1) is 60.6. The van der Waals surface area contributed by atoms with Gasteiger partial charge in [0.2, 0.25) is 0 Å². The van der Waals surface area contributed by atoms with E-state index in [0.717, 1.165) is 5.56 Å². The predicted octanol–water partition coefficient (Wildman–Crippen LogP) is 1.36. The fourth-order valence-corrected chi connectivity index (χ4v) is 13.1. The van der Waals surface area contributed by atoms with E-state index in [-0.39, 0.29) is 49.5 Å². The zero-order valence-electron chi connectivity index (χ0n) is 45.5. The molecule has 7 aliphatic rings. The minimum atomic E-state index is -1.71. The van der Waals surface area contributed by atoms with Gasteiger partial charge < -0.3 is 87.9 Å². The van der Waals surface area contributed by atoms with Crippen molar-refractivity contribution in [3.8, 4) is 0 Å². The van der Waals surface area contributed by atoms with Gasteiger partial charge in [-0.05, 0) is 84.1 Å². The van der Waals surface area contributed by atoms with Crippen LogP contribution in [0, 0.1) is 22.7 Å². The van der Waals surface area contributed by atoms with Crippen LogP contribution in [0.5, 0.6) is 0 Å². The molecule has 0 radical (unpaired) electrons. The molecule has 0 unspecified atom stereocenters. The first-order valence-electron chi connectivity index (χ1n) is 27.2. The molecular formula is C56H80O22. The smallest absolute Gasteiger partial charge is 0.331 e. The zero-order valence-corrected chi connectivity index (χ0v) is 45.5. The molecule has 4 saturated heterocycles. The Balaban J connectivity index is 0.866. The molecular weight excluding hydrogens is 1020 g/mol. The van der Waals surface area contributed by atoms with Gasteiger partial charge in [-0.3, -0.25) is 14.4 Å². The van der Waals surface area contributed by atoms with E-state index in [2.05, 4.69) is 0 Å². The molecule has 2 saturated carbocycles. The number of allylic oxidation sites excluding steroid dienone is 1. The van der Waals surface area contributed by atoms with E-state index in [0.29, 0.717) is 19.3 Å². The molecule has 0 spiro atoms. The molecule has 0 bridgehead atoms. The van der Waals surface area contributed by atoms with Crippen molar-refractivity contribution in [3.05, 3.63) is 54.1 Å². The number of benzene rings is 1. The van der Waals surface area contributed by atoms with Gasteiger partial charge in [-0.2, -0.15) is 0 Å². The van der Waals surface area contributed by atoms with Crippen LogP contribution in [-0.2, 0) is 71.3 Å². The number of aliphatic hydroxyl groups excluding tert-OH is 6. The number of carbonyl (C=O) groups excluding carboxylic acids is 4. The molecule has 6 fully saturated rings. The lowest BCUT2D eigenvalue weighted by atomic mass is 9.52. The van der Waals surface area contributed by atoms with Crippen LogP contribution >= 0.6 is 0 Å². The molecule has 0 aromatic heterocycles.